The summed E-state index contributed by atoms with van der Waals surface area (Å²) in [5.41, 5.74) is 3.13. The first-order chi connectivity index (χ1) is 5.90. The van der Waals surface area contributed by atoms with E-state index in [1.807, 2.05) is 18.2 Å². The highest BCUT2D eigenvalue weighted by molar-refractivity contribution is 6.29. The number of nitrogens with zero attached hydrogens (tertiary/aromatic N) is 1. The van der Waals surface area contributed by atoms with Gasteiger partial charge in [0.05, 0.1) is 12.3 Å². The smallest absolute Gasteiger partial charge is 0.164 e. The molecule has 60 valence electrons. The molecule has 1 aromatic rings. The minimum Gasteiger partial charge on any atom is -0.297 e. The van der Waals surface area contributed by atoms with Crippen LogP contribution in [0.1, 0.15) is 11.1 Å². The van der Waals surface area contributed by atoms with Gasteiger partial charge in [-0.15, -0.1) is 0 Å². The van der Waals surface area contributed by atoms with Crippen LogP contribution in [0, 0.1) is 0 Å². The van der Waals surface area contributed by atoms with E-state index >= 15 is 0 Å². The van der Waals surface area contributed by atoms with Crippen LogP contribution in [0.25, 0.3) is 0 Å². The average molecular weight is 159 g/mol. The predicted octanol–water partition coefficient (Wildman–Crippen LogP) is 1.38. The molecule has 12 heavy (non-hydrogen) atoms. The quantitative estimate of drug-likeness (QED) is 0.569. The Morgan fingerprint density at radius 3 is 2.75 bits per heavy atom. The Kier molecular flexibility index (Phi) is 1.74. The van der Waals surface area contributed by atoms with Gasteiger partial charge in [-0.3, -0.25) is 9.79 Å². The predicted molar refractivity (Wildman–Crippen MR) is 47.3 cm³/mol. The van der Waals surface area contributed by atoms with Gasteiger partial charge >= 0.3 is 0 Å². The minimum atomic E-state index is 0.657. The summed E-state index contributed by atoms with van der Waals surface area (Å²) in [6.07, 6.45) is 1.54. The zero-order valence-corrected chi connectivity index (χ0v) is 6.66. The van der Waals surface area contributed by atoms with E-state index < -0.39 is 0 Å². The van der Waals surface area contributed by atoms with Gasteiger partial charge in [-0.05, 0) is 11.1 Å². The van der Waals surface area contributed by atoms with Crippen molar-refractivity contribution in [1.29, 1.82) is 0 Å². The number of hydrogen-bond acceptors (Lipinski definition) is 2. The van der Waals surface area contributed by atoms with Gasteiger partial charge in [0.15, 0.2) is 6.29 Å². The topological polar surface area (TPSA) is 29.4 Å². The normalized spacial score (nSPS) is 14.8. The molecular weight excluding hydrogens is 150 g/mol. The Morgan fingerprint density at radius 1 is 1.25 bits per heavy atom. The lowest BCUT2D eigenvalue weighted by Gasteiger charge is -2.11. The summed E-state index contributed by atoms with van der Waals surface area (Å²) < 4.78 is 0. The monoisotopic (exact) mass is 159 g/mol. The van der Waals surface area contributed by atoms with Crippen LogP contribution in [0.4, 0.5) is 0 Å². The van der Waals surface area contributed by atoms with E-state index in [1.54, 1.807) is 0 Å². The van der Waals surface area contributed by atoms with Crippen molar-refractivity contribution in [3.8, 4) is 0 Å². The van der Waals surface area contributed by atoms with Gasteiger partial charge < -0.3 is 0 Å². The van der Waals surface area contributed by atoms with Crippen molar-refractivity contribution in [3.63, 3.8) is 0 Å². The fraction of sp³-hybridized carbons (Fsp3) is 0.200. The highest BCUT2D eigenvalue weighted by Gasteiger charge is 2.09. The molecule has 0 bridgehead atoms. The number of hydrogen-bond donors (Lipinski definition) is 0. The molecule has 1 heterocycles. The third-order valence-electron chi connectivity index (χ3n) is 2.08. The summed E-state index contributed by atoms with van der Waals surface area (Å²) in [5.74, 6) is 0. The van der Waals surface area contributed by atoms with Crippen molar-refractivity contribution in [1.82, 2.24) is 0 Å². The molecule has 2 rings (SSSR count). The third kappa shape index (κ3) is 1.16. The molecule has 0 amide bonds. The van der Waals surface area contributed by atoms with Crippen LogP contribution in [0.3, 0.4) is 0 Å². The molecule has 1 aliphatic heterocycles. The minimum absolute atomic E-state index is 0.657. The fourth-order valence-corrected chi connectivity index (χ4v) is 1.40. The zero-order valence-electron chi connectivity index (χ0n) is 6.66. The molecule has 0 aliphatic carbocycles. The van der Waals surface area contributed by atoms with Gasteiger partial charge in [-0.2, -0.15) is 0 Å². The van der Waals surface area contributed by atoms with Crippen molar-refractivity contribution in [3.05, 3.63) is 35.4 Å². The van der Waals surface area contributed by atoms with E-state index in [0.29, 0.717) is 18.7 Å². The van der Waals surface area contributed by atoms with E-state index in [9.17, 15) is 4.79 Å². The Morgan fingerprint density at radius 2 is 2.00 bits per heavy atom. The largest absolute Gasteiger partial charge is 0.297 e. The summed E-state index contributed by atoms with van der Waals surface area (Å²) in [6, 6.07) is 8.10. The van der Waals surface area contributed by atoms with Crippen LogP contribution in [-0.4, -0.2) is 12.0 Å². The SMILES string of the molecule is O=CC1=NCc2ccccc2C1. The van der Waals surface area contributed by atoms with Crippen molar-refractivity contribution in [2.24, 2.45) is 4.99 Å². The lowest BCUT2D eigenvalue weighted by molar-refractivity contribution is -0.102. The summed E-state index contributed by atoms with van der Waals surface area (Å²) in [6.45, 7) is 0.657. The number of fused-ring (bicyclic) bond motifs is 1. The molecule has 1 aliphatic rings. The van der Waals surface area contributed by atoms with Gasteiger partial charge in [0.25, 0.3) is 0 Å². The Bertz CT molecular complexity index is 341. The molecule has 0 fully saturated rings. The summed E-state index contributed by atoms with van der Waals surface area (Å²) >= 11 is 0. The van der Waals surface area contributed by atoms with Crippen LogP contribution in [0.5, 0.6) is 0 Å². The number of aliphatic imine (C=N–C) groups is 1. The highest BCUT2D eigenvalue weighted by atomic mass is 16.1. The molecule has 0 N–H and O–H groups in total. The highest BCUT2D eigenvalue weighted by Crippen LogP contribution is 2.15. The average Bonchev–Trinajstić information content (AvgIpc) is 2.17. The van der Waals surface area contributed by atoms with Crippen LogP contribution in [-0.2, 0) is 17.8 Å². The van der Waals surface area contributed by atoms with E-state index in [1.165, 1.54) is 11.1 Å². The molecular formula is C10H9NO. The molecule has 1 aromatic carbocycles. The molecule has 0 saturated heterocycles. The number of rotatable bonds is 1. The molecule has 0 atom stereocenters. The van der Waals surface area contributed by atoms with Crippen LogP contribution in [0.15, 0.2) is 29.3 Å². The zero-order chi connectivity index (χ0) is 8.39. The standard InChI is InChI=1S/C10H9NO/c12-7-10-5-8-3-1-2-4-9(8)6-11-10/h1-4,7H,5-6H2. The Balaban J connectivity index is 2.36. The van der Waals surface area contributed by atoms with Crippen LogP contribution in [0.2, 0.25) is 0 Å². The van der Waals surface area contributed by atoms with Crippen LogP contribution >= 0.6 is 0 Å². The van der Waals surface area contributed by atoms with Gasteiger partial charge in [-0.25, -0.2) is 0 Å². The molecule has 0 aromatic heterocycles. The molecule has 0 radical (unpaired) electrons. The Labute approximate surface area is 70.9 Å². The fourth-order valence-electron chi connectivity index (χ4n) is 1.40. The molecule has 0 saturated carbocycles. The second-order valence-electron chi connectivity index (χ2n) is 2.87. The maximum absolute atomic E-state index is 10.4. The third-order valence-corrected chi connectivity index (χ3v) is 2.08. The van der Waals surface area contributed by atoms with Gasteiger partial charge in [-0.1, -0.05) is 24.3 Å². The van der Waals surface area contributed by atoms with Crippen molar-refractivity contribution >= 4 is 12.0 Å². The van der Waals surface area contributed by atoms with E-state index in [-0.39, 0.29) is 0 Å². The lowest BCUT2D eigenvalue weighted by Crippen LogP contribution is -2.11. The second kappa shape index (κ2) is 2.89. The Hall–Kier alpha value is -1.44. The second-order valence-corrected chi connectivity index (χ2v) is 2.87. The van der Waals surface area contributed by atoms with Gasteiger partial charge in [0.2, 0.25) is 0 Å². The number of aldehydes is 1. The van der Waals surface area contributed by atoms with Crippen molar-refractivity contribution in [2.45, 2.75) is 13.0 Å². The van der Waals surface area contributed by atoms with E-state index in [0.717, 1.165) is 6.29 Å². The number of carbonyl (C=O) groups is 1. The first-order valence-corrected chi connectivity index (χ1v) is 3.95. The van der Waals surface area contributed by atoms with E-state index in [4.69, 9.17) is 0 Å². The van der Waals surface area contributed by atoms with Crippen LogP contribution < -0.4 is 0 Å². The maximum atomic E-state index is 10.4. The summed E-state index contributed by atoms with van der Waals surface area (Å²) in [7, 11) is 0. The van der Waals surface area contributed by atoms with E-state index in [2.05, 4.69) is 11.1 Å². The maximum Gasteiger partial charge on any atom is 0.164 e. The van der Waals surface area contributed by atoms with Gasteiger partial charge in [0, 0.05) is 6.42 Å². The lowest BCUT2D eigenvalue weighted by atomic mass is 10.00. The first kappa shape index (κ1) is 7.22. The number of carbonyl (C=O) groups excluding carboxylic acids is 1. The summed E-state index contributed by atoms with van der Waals surface area (Å²) in [4.78, 5) is 14.6. The molecule has 0 unspecified atom stereocenters. The number of benzene rings is 1. The molecule has 2 nitrogen and oxygen atoms in total. The first-order valence-electron chi connectivity index (χ1n) is 3.95. The van der Waals surface area contributed by atoms with Gasteiger partial charge in [0.1, 0.15) is 0 Å². The summed E-state index contributed by atoms with van der Waals surface area (Å²) in [5, 5.41) is 0. The van der Waals surface area contributed by atoms with Crippen molar-refractivity contribution < 1.29 is 4.79 Å². The molecule has 2 heteroatoms. The molecule has 0 spiro atoms. The van der Waals surface area contributed by atoms with Crippen molar-refractivity contribution in [2.75, 3.05) is 0 Å².